The zero-order chi connectivity index (χ0) is 16.7. The lowest BCUT2D eigenvalue weighted by molar-refractivity contribution is -0.133. The topological polar surface area (TPSA) is 81.8 Å². The van der Waals surface area contributed by atoms with Crippen LogP contribution in [-0.2, 0) is 4.79 Å². The number of carbonyl (C=O) groups is 1. The maximum absolute atomic E-state index is 10.7. The standard InChI is InChI=1S/C17H12ClN3O2S/c18-12-7-15-14(20-17(21-15)24-8-16(22)23)6-11(12)9-1-2-13-10(5-9)3-4-19-13/h1-7,19H,8H2,(H,20,21)(H,22,23). The molecule has 5 nitrogen and oxygen atoms in total. The predicted molar refractivity (Wildman–Crippen MR) is 96.8 cm³/mol. The second-order valence-corrected chi connectivity index (χ2v) is 6.72. The van der Waals surface area contributed by atoms with Crippen molar-refractivity contribution in [3.63, 3.8) is 0 Å². The van der Waals surface area contributed by atoms with E-state index in [1.165, 1.54) is 0 Å². The smallest absolute Gasteiger partial charge is 0.313 e. The third-order valence-corrected chi connectivity index (χ3v) is 4.92. The van der Waals surface area contributed by atoms with Crippen molar-refractivity contribution in [2.75, 3.05) is 5.75 Å². The number of carboxylic acid groups (broad SMARTS) is 1. The fraction of sp³-hybridized carbons (Fsp3) is 0.0588. The number of benzene rings is 2. The summed E-state index contributed by atoms with van der Waals surface area (Å²) in [5.74, 6) is -0.913. The molecule has 0 atom stereocenters. The van der Waals surface area contributed by atoms with Gasteiger partial charge in [0.2, 0.25) is 0 Å². The SMILES string of the molecule is O=C(O)CSc1nc2cc(-c3ccc4[nH]ccc4c3)c(Cl)cc2[nH]1. The molecule has 4 aromatic rings. The average Bonchev–Trinajstić information content (AvgIpc) is 3.17. The van der Waals surface area contributed by atoms with Gasteiger partial charge in [0.1, 0.15) is 0 Å². The first-order valence-corrected chi connectivity index (χ1v) is 8.58. The number of halogens is 1. The number of nitrogens with zero attached hydrogens (tertiary/aromatic N) is 1. The van der Waals surface area contributed by atoms with Crippen LogP contribution in [0, 0.1) is 0 Å². The predicted octanol–water partition coefficient (Wildman–Crippen LogP) is 4.54. The molecule has 0 spiro atoms. The minimum atomic E-state index is -0.876. The van der Waals surface area contributed by atoms with E-state index in [4.69, 9.17) is 16.7 Å². The highest BCUT2D eigenvalue weighted by Crippen LogP contribution is 2.33. The number of rotatable bonds is 4. The van der Waals surface area contributed by atoms with Gasteiger partial charge in [-0.15, -0.1) is 0 Å². The van der Waals surface area contributed by atoms with E-state index in [1.807, 2.05) is 36.5 Å². The number of H-pyrrole nitrogens is 2. The first-order valence-electron chi connectivity index (χ1n) is 7.21. The Morgan fingerprint density at radius 2 is 2.08 bits per heavy atom. The molecule has 0 radical (unpaired) electrons. The molecule has 0 aliphatic rings. The summed E-state index contributed by atoms with van der Waals surface area (Å²) in [5, 5.41) is 11.1. The molecule has 24 heavy (non-hydrogen) atoms. The molecule has 0 fully saturated rings. The first-order chi connectivity index (χ1) is 11.6. The van der Waals surface area contributed by atoms with Gasteiger partial charge in [0.15, 0.2) is 5.16 Å². The Labute approximate surface area is 146 Å². The molecule has 7 heteroatoms. The van der Waals surface area contributed by atoms with E-state index in [-0.39, 0.29) is 5.75 Å². The number of thioether (sulfide) groups is 1. The van der Waals surface area contributed by atoms with Gasteiger partial charge in [0.05, 0.1) is 21.8 Å². The van der Waals surface area contributed by atoms with Crippen molar-refractivity contribution in [2.24, 2.45) is 0 Å². The second-order valence-electron chi connectivity index (χ2n) is 5.35. The van der Waals surface area contributed by atoms with E-state index in [9.17, 15) is 4.79 Å². The Morgan fingerprint density at radius 3 is 2.92 bits per heavy atom. The number of aliphatic carboxylic acids is 1. The first kappa shape index (κ1) is 15.1. The normalized spacial score (nSPS) is 11.4. The Kier molecular flexibility index (Phi) is 3.70. The van der Waals surface area contributed by atoms with Crippen molar-refractivity contribution in [1.82, 2.24) is 15.0 Å². The van der Waals surface area contributed by atoms with Crippen molar-refractivity contribution in [2.45, 2.75) is 5.16 Å². The van der Waals surface area contributed by atoms with Crippen LogP contribution in [0.1, 0.15) is 0 Å². The van der Waals surface area contributed by atoms with Crippen LogP contribution in [0.3, 0.4) is 0 Å². The van der Waals surface area contributed by atoms with Crippen molar-refractivity contribution < 1.29 is 9.90 Å². The zero-order valence-electron chi connectivity index (χ0n) is 12.3. The lowest BCUT2D eigenvalue weighted by Crippen LogP contribution is -1.97. The van der Waals surface area contributed by atoms with Crippen LogP contribution in [0.25, 0.3) is 33.1 Å². The molecule has 0 aliphatic heterocycles. The van der Waals surface area contributed by atoms with Gasteiger partial charge in [0.25, 0.3) is 0 Å². The highest BCUT2D eigenvalue weighted by Gasteiger charge is 2.11. The summed E-state index contributed by atoms with van der Waals surface area (Å²) in [5.41, 5.74) is 4.53. The van der Waals surface area contributed by atoms with Gasteiger partial charge in [0, 0.05) is 17.3 Å². The number of aromatic amines is 2. The largest absolute Gasteiger partial charge is 0.481 e. The molecule has 0 saturated carbocycles. The van der Waals surface area contributed by atoms with E-state index in [0.29, 0.717) is 10.2 Å². The minimum Gasteiger partial charge on any atom is -0.481 e. The van der Waals surface area contributed by atoms with Crippen LogP contribution in [0.4, 0.5) is 0 Å². The van der Waals surface area contributed by atoms with Crippen LogP contribution < -0.4 is 0 Å². The summed E-state index contributed by atoms with van der Waals surface area (Å²) in [6.45, 7) is 0. The lowest BCUT2D eigenvalue weighted by Gasteiger charge is -2.05. The Hall–Kier alpha value is -2.44. The molecular weight excluding hydrogens is 346 g/mol. The van der Waals surface area contributed by atoms with Gasteiger partial charge in [-0.05, 0) is 41.3 Å². The van der Waals surface area contributed by atoms with Gasteiger partial charge in [-0.25, -0.2) is 4.98 Å². The fourth-order valence-electron chi connectivity index (χ4n) is 2.65. The molecule has 4 rings (SSSR count). The number of hydrogen-bond acceptors (Lipinski definition) is 3. The summed E-state index contributed by atoms with van der Waals surface area (Å²) in [6.07, 6.45) is 1.90. The molecule has 0 aliphatic carbocycles. The van der Waals surface area contributed by atoms with Crippen LogP contribution in [0.5, 0.6) is 0 Å². The van der Waals surface area contributed by atoms with Gasteiger partial charge < -0.3 is 15.1 Å². The molecule has 0 saturated heterocycles. The van der Waals surface area contributed by atoms with E-state index >= 15 is 0 Å². The third-order valence-electron chi connectivity index (χ3n) is 3.75. The molecule has 0 unspecified atom stereocenters. The maximum Gasteiger partial charge on any atom is 0.313 e. The summed E-state index contributed by atoms with van der Waals surface area (Å²) in [6, 6.07) is 11.9. The van der Waals surface area contributed by atoms with Crippen molar-refractivity contribution in [3.05, 3.63) is 47.6 Å². The van der Waals surface area contributed by atoms with Crippen LogP contribution in [-0.4, -0.2) is 31.8 Å². The monoisotopic (exact) mass is 357 g/mol. The lowest BCUT2D eigenvalue weighted by atomic mass is 10.0. The maximum atomic E-state index is 10.7. The van der Waals surface area contributed by atoms with E-state index < -0.39 is 5.97 Å². The Balaban J connectivity index is 1.77. The summed E-state index contributed by atoms with van der Waals surface area (Å²) in [7, 11) is 0. The number of aromatic nitrogens is 3. The van der Waals surface area contributed by atoms with E-state index in [1.54, 1.807) is 0 Å². The Bertz CT molecular complexity index is 1070. The molecule has 0 amide bonds. The van der Waals surface area contributed by atoms with Crippen molar-refractivity contribution in [3.8, 4) is 11.1 Å². The van der Waals surface area contributed by atoms with Gasteiger partial charge in [-0.2, -0.15) is 0 Å². The number of imidazole rings is 1. The molecule has 2 aromatic heterocycles. The summed E-state index contributed by atoms with van der Waals surface area (Å²) < 4.78 is 0. The van der Waals surface area contributed by atoms with E-state index in [2.05, 4.69) is 21.0 Å². The minimum absolute atomic E-state index is 0.0371. The fourth-order valence-corrected chi connectivity index (χ4v) is 3.53. The van der Waals surface area contributed by atoms with Gasteiger partial charge >= 0.3 is 5.97 Å². The van der Waals surface area contributed by atoms with Crippen LogP contribution >= 0.6 is 23.4 Å². The van der Waals surface area contributed by atoms with Gasteiger partial charge in [-0.1, -0.05) is 29.4 Å². The number of hydrogen-bond donors (Lipinski definition) is 3. The third kappa shape index (κ3) is 2.74. The van der Waals surface area contributed by atoms with Crippen molar-refractivity contribution in [1.29, 1.82) is 0 Å². The average molecular weight is 358 g/mol. The molecule has 3 N–H and O–H groups in total. The molecule has 2 heterocycles. The van der Waals surface area contributed by atoms with Crippen LogP contribution in [0.2, 0.25) is 5.02 Å². The second kappa shape index (κ2) is 5.89. The molecule has 2 aromatic carbocycles. The molecular formula is C17H12ClN3O2S. The summed E-state index contributed by atoms with van der Waals surface area (Å²) in [4.78, 5) is 21.4. The van der Waals surface area contributed by atoms with Crippen LogP contribution in [0.15, 0.2) is 47.8 Å². The van der Waals surface area contributed by atoms with E-state index in [0.717, 1.165) is 44.8 Å². The number of nitrogens with one attached hydrogen (secondary N) is 2. The Morgan fingerprint density at radius 1 is 1.21 bits per heavy atom. The quantitative estimate of drug-likeness (QED) is 0.468. The van der Waals surface area contributed by atoms with Gasteiger partial charge in [-0.3, -0.25) is 4.79 Å². The molecule has 0 bridgehead atoms. The summed E-state index contributed by atoms with van der Waals surface area (Å²) >= 11 is 7.59. The van der Waals surface area contributed by atoms with Crippen molar-refractivity contribution >= 4 is 51.3 Å². The molecule has 120 valence electrons. The number of carboxylic acids is 1. The zero-order valence-corrected chi connectivity index (χ0v) is 13.9. The number of fused-ring (bicyclic) bond motifs is 2. The highest BCUT2D eigenvalue weighted by molar-refractivity contribution is 7.99. The highest BCUT2D eigenvalue weighted by atomic mass is 35.5.